The number of carbonyl (C=O) groups is 2. The van der Waals surface area contributed by atoms with Crippen LogP contribution in [0.4, 0.5) is 0 Å². The minimum Gasteiger partial charge on any atom is -0.454 e. The summed E-state index contributed by atoms with van der Waals surface area (Å²) in [7, 11) is 0. The number of piperidine rings is 1. The van der Waals surface area contributed by atoms with E-state index in [4.69, 9.17) is 9.47 Å². The van der Waals surface area contributed by atoms with E-state index in [0.717, 1.165) is 30.7 Å². The molecule has 0 radical (unpaired) electrons. The molecule has 2 heterocycles. The lowest BCUT2D eigenvalue weighted by atomic mass is 9.96. The molecule has 1 saturated heterocycles. The average molecular weight is 332 g/mol. The number of hydrogen-bond donors (Lipinski definition) is 1. The summed E-state index contributed by atoms with van der Waals surface area (Å²) in [6.45, 7) is 5.32. The third kappa shape index (κ3) is 3.47. The monoisotopic (exact) mass is 332 g/mol. The topological polar surface area (TPSA) is 67.9 Å². The van der Waals surface area contributed by atoms with Gasteiger partial charge in [0.2, 0.25) is 18.6 Å². The maximum Gasteiger partial charge on any atom is 0.231 e. The van der Waals surface area contributed by atoms with Crippen LogP contribution in [0.3, 0.4) is 0 Å². The first kappa shape index (κ1) is 16.6. The molecule has 130 valence electrons. The van der Waals surface area contributed by atoms with Gasteiger partial charge in [-0.1, -0.05) is 13.0 Å². The molecule has 0 bridgehead atoms. The van der Waals surface area contributed by atoms with Crippen LogP contribution in [-0.4, -0.2) is 36.6 Å². The van der Waals surface area contributed by atoms with Crippen LogP contribution < -0.4 is 14.8 Å². The number of hydrogen-bond acceptors (Lipinski definition) is 4. The Morgan fingerprint density at radius 2 is 2.12 bits per heavy atom. The van der Waals surface area contributed by atoms with Gasteiger partial charge in [0.25, 0.3) is 0 Å². The molecule has 0 aromatic heterocycles. The number of amides is 2. The molecule has 2 unspecified atom stereocenters. The lowest BCUT2D eigenvalue weighted by molar-refractivity contribution is -0.135. The maximum atomic E-state index is 12.6. The van der Waals surface area contributed by atoms with Crippen molar-refractivity contribution in [3.8, 4) is 11.5 Å². The Labute approximate surface area is 142 Å². The molecule has 2 amide bonds. The van der Waals surface area contributed by atoms with E-state index in [1.807, 2.05) is 32.0 Å². The molecule has 3 rings (SSSR count). The van der Waals surface area contributed by atoms with Gasteiger partial charge < -0.3 is 19.7 Å². The fourth-order valence-corrected chi connectivity index (χ4v) is 3.24. The molecule has 2 atom stereocenters. The zero-order chi connectivity index (χ0) is 17.1. The van der Waals surface area contributed by atoms with Crippen LogP contribution in [0, 0.1) is 5.92 Å². The lowest BCUT2D eigenvalue weighted by Gasteiger charge is -2.32. The van der Waals surface area contributed by atoms with Crippen molar-refractivity contribution in [3.63, 3.8) is 0 Å². The molecule has 0 aliphatic carbocycles. The van der Waals surface area contributed by atoms with Crippen LogP contribution in [0.1, 0.15) is 44.7 Å². The Bertz CT molecular complexity index is 631. The molecule has 0 spiro atoms. The summed E-state index contributed by atoms with van der Waals surface area (Å²) in [6, 6.07) is 5.58. The highest BCUT2D eigenvalue weighted by molar-refractivity contribution is 5.81. The summed E-state index contributed by atoms with van der Waals surface area (Å²) in [5.41, 5.74) is 0.977. The average Bonchev–Trinajstić information content (AvgIpc) is 3.08. The predicted molar refractivity (Wildman–Crippen MR) is 88.7 cm³/mol. The van der Waals surface area contributed by atoms with Gasteiger partial charge in [-0.15, -0.1) is 0 Å². The van der Waals surface area contributed by atoms with Crippen LogP contribution in [-0.2, 0) is 9.59 Å². The van der Waals surface area contributed by atoms with E-state index in [9.17, 15) is 9.59 Å². The second-order valence-electron chi connectivity index (χ2n) is 6.38. The van der Waals surface area contributed by atoms with E-state index in [1.165, 1.54) is 0 Å². The molecule has 1 N–H and O–H groups in total. The SMILES string of the molecule is CCC(=O)N1CCCC(C(=O)NC(C)c2ccc3c(c2)OCO3)C1. The standard InChI is InChI=1S/C18H24N2O4/c1-3-17(21)20-8-4-5-14(10-20)18(22)19-12(2)13-6-7-15-16(9-13)24-11-23-15/h6-7,9,12,14H,3-5,8,10-11H2,1-2H3,(H,19,22). The van der Waals surface area contributed by atoms with Gasteiger partial charge in [-0.05, 0) is 37.5 Å². The molecule has 1 aromatic rings. The number of likely N-dealkylation sites (tertiary alicyclic amines) is 1. The van der Waals surface area contributed by atoms with Crippen molar-refractivity contribution in [2.24, 2.45) is 5.92 Å². The molecule has 6 nitrogen and oxygen atoms in total. The van der Waals surface area contributed by atoms with Crippen molar-refractivity contribution in [2.45, 2.75) is 39.2 Å². The Morgan fingerprint density at radius 1 is 1.33 bits per heavy atom. The van der Waals surface area contributed by atoms with Crippen LogP contribution in [0.25, 0.3) is 0 Å². The van der Waals surface area contributed by atoms with Gasteiger partial charge in [-0.2, -0.15) is 0 Å². The molecule has 0 saturated carbocycles. The maximum absolute atomic E-state index is 12.6. The first-order valence-corrected chi connectivity index (χ1v) is 8.56. The summed E-state index contributed by atoms with van der Waals surface area (Å²) < 4.78 is 10.7. The normalized spacial score (nSPS) is 20.6. The fraction of sp³-hybridized carbons (Fsp3) is 0.556. The third-order valence-electron chi connectivity index (χ3n) is 4.70. The highest BCUT2D eigenvalue weighted by Crippen LogP contribution is 2.34. The fourth-order valence-electron chi connectivity index (χ4n) is 3.24. The number of carbonyl (C=O) groups excluding carboxylic acids is 2. The van der Waals surface area contributed by atoms with Gasteiger partial charge in [0.1, 0.15) is 0 Å². The smallest absolute Gasteiger partial charge is 0.231 e. The van der Waals surface area contributed by atoms with Gasteiger partial charge in [0.05, 0.1) is 12.0 Å². The van der Waals surface area contributed by atoms with Gasteiger partial charge in [-0.3, -0.25) is 9.59 Å². The number of rotatable bonds is 4. The van der Waals surface area contributed by atoms with E-state index in [2.05, 4.69) is 5.32 Å². The number of nitrogens with zero attached hydrogens (tertiary/aromatic N) is 1. The van der Waals surface area contributed by atoms with Gasteiger partial charge in [0, 0.05) is 19.5 Å². The van der Waals surface area contributed by atoms with E-state index in [1.54, 1.807) is 4.90 Å². The van der Waals surface area contributed by atoms with Gasteiger partial charge in [0.15, 0.2) is 11.5 Å². The van der Waals surface area contributed by atoms with Crippen LogP contribution >= 0.6 is 0 Å². The molecule has 2 aliphatic rings. The van der Waals surface area contributed by atoms with Crippen molar-refractivity contribution >= 4 is 11.8 Å². The number of ether oxygens (including phenoxy) is 2. The molecule has 1 aromatic carbocycles. The van der Waals surface area contributed by atoms with Crippen molar-refractivity contribution in [2.75, 3.05) is 19.9 Å². The largest absolute Gasteiger partial charge is 0.454 e. The Morgan fingerprint density at radius 3 is 2.92 bits per heavy atom. The zero-order valence-corrected chi connectivity index (χ0v) is 14.2. The number of fused-ring (bicyclic) bond motifs is 1. The first-order valence-electron chi connectivity index (χ1n) is 8.56. The summed E-state index contributed by atoms with van der Waals surface area (Å²) in [5.74, 6) is 1.44. The Hall–Kier alpha value is -2.24. The second kappa shape index (κ2) is 7.11. The van der Waals surface area contributed by atoms with E-state index >= 15 is 0 Å². The first-order chi connectivity index (χ1) is 11.6. The molecule has 6 heteroatoms. The minimum absolute atomic E-state index is 0.00812. The quantitative estimate of drug-likeness (QED) is 0.918. The van der Waals surface area contributed by atoms with Crippen molar-refractivity contribution in [1.29, 1.82) is 0 Å². The van der Waals surface area contributed by atoms with E-state index in [-0.39, 0.29) is 30.6 Å². The van der Waals surface area contributed by atoms with E-state index in [0.29, 0.717) is 18.7 Å². The lowest BCUT2D eigenvalue weighted by Crippen LogP contribution is -2.45. The van der Waals surface area contributed by atoms with Crippen molar-refractivity contribution < 1.29 is 19.1 Å². The second-order valence-corrected chi connectivity index (χ2v) is 6.38. The van der Waals surface area contributed by atoms with Crippen LogP contribution in [0.5, 0.6) is 11.5 Å². The van der Waals surface area contributed by atoms with Crippen LogP contribution in [0.15, 0.2) is 18.2 Å². The molecule has 24 heavy (non-hydrogen) atoms. The highest BCUT2D eigenvalue weighted by Gasteiger charge is 2.28. The zero-order valence-electron chi connectivity index (χ0n) is 14.2. The number of nitrogens with one attached hydrogen (secondary N) is 1. The van der Waals surface area contributed by atoms with Crippen LogP contribution in [0.2, 0.25) is 0 Å². The summed E-state index contributed by atoms with van der Waals surface area (Å²) in [6.07, 6.45) is 2.19. The molecule has 2 aliphatic heterocycles. The molecular weight excluding hydrogens is 308 g/mol. The van der Waals surface area contributed by atoms with Gasteiger partial charge in [-0.25, -0.2) is 0 Å². The highest BCUT2D eigenvalue weighted by atomic mass is 16.7. The van der Waals surface area contributed by atoms with Gasteiger partial charge >= 0.3 is 0 Å². The number of benzene rings is 1. The van der Waals surface area contributed by atoms with Crippen molar-refractivity contribution in [1.82, 2.24) is 10.2 Å². The summed E-state index contributed by atoms with van der Waals surface area (Å²) >= 11 is 0. The third-order valence-corrected chi connectivity index (χ3v) is 4.70. The predicted octanol–water partition coefficient (Wildman–Crippen LogP) is 2.24. The minimum atomic E-state index is -0.134. The van der Waals surface area contributed by atoms with Crippen molar-refractivity contribution in [3.05, 3.63) is 23.8 Å². The Balaban J connectivity index is 1.60. The summed E-state index contributed by atoms with van der Waals surface area (Å²) in [5, 5.41) is 3.06. The summed E-state index contributed by atoms with van der Waals surface area (Å²) in [4.78, 5) is 26.2. The van der Waals surface area contributed by atoms with E-state index < -0.39 is 0 Å². The molecular formula is C18H24N2O4. The molecule has 1 fully saturated rings. The Kier molecular flexibility index (Phi) is 4.92.